The molecule has 4 heteroatoms. The highest BCUT2D eigenvalue weighted by Gasteiger charge is 2.49. The van der Waals surface area contributed by atoms with E-state index < -0.39 is 0 Å². The van der Waals surface area contributed by atoms with Crippen LogP contribution in [0.2, 0.25) is 0 Å². The summed E-state index contributed by atoms with van der Waals surface area (Å²) in [6.45, 7) is 5.81. The zero-order valence-electron chi connectivity index (χ0n) is 10.7. The highest BCUT2D eigenvalue weighted by molar-refractivity contribution is 5.92. The van der Waals surface area contributed by atoms with E-state index in [0.717, 1.165) is 38.8 Å². The summed E-state index contributed by atoms with van der Waals surface area (Å²) in [5, 5.41) is 2.96. The molecule has 1 heterocycles. The van der Waals surface area contributed by atoms with E-state index in [0.29, 0.717) is 0 Å². The minimum Gasteiger partial charge on any atom is -0.353 e. The Morgan fingerprint density at radius 3 is 2.53 bits per heavy atom. The van der Waals surface area contributed by atoms with Gasteiger partial charge in [0.2, 0.25) is 11.8 Å². The van der Waals surface area contributed by atoms with Crippen molar-refractivity contribution in [1.82, 2.24) is 10.2 Å². The molecule has 96 valence electrons. The number of hydrogen-bond acceptors (Lipinski definition) is 2. The normalized spacial score (nSPS) is 28.9. The van der Waals surface area contributed by atoms with Crippen molar-refractivity contribution in [2.24, 2.45) is 11.8 Å². The quantitative estimate of drug-likeness (QED) is 0.799. The lowest BCUT2D eigenvalue weighted by Gasteiger charge is -2.15. The first-order chi connectivity index (χ1) is 8.13. The molecular formula is C13H22N2O2. The highest BCUT2D eigenvalue weighted by Crippen LogP contribution is 2.40. The minimum absolute atomic E-state index is 0.0304. The molecule has 1 saturated heterocycles. The van der Waals surface area contributed by atoms with Gasteiger partial charge in [0, 0.05) is 19.1 Å². The van der Waals surface area contributed by atoms with Crippen LogP contribution in [0, 0.1) is 11.8 Å². The molecule has 0 bridgehead atoms. The number of carbonyl (C=O) groups is 2. The highest BCUT2D eigenvalue weighted by atomic mass is 16.2. The molecule has 1 aliphatic heterocycles. The number of likely N-dealkylation sites (tertiary alicyclic amines) is 1. The predicted octanol–water partition coefficient (Wildman–Crippen LogP) is 1.16. The van der Waals surface area contributed by atoms with Crippen LogP contribution in [0.25, 0.3) is 0 Å². The first-order valence-corrected chi connectivity index (χ1v) is 6.72. The lowest BCUT2D eigenvalue weighted by Crippen LogP contribution is -2.35. The van der Waals surface area contributed by atoms with Crippen LogP contribution in [0.5, 0.6) is 0 Å². The summed E-state index contributed by atoms with van der Waals surface area (Å²) >= 11 is 0. The van der Waals surface area contributed by atoms with Crippen LogP contribution < -0.4 is 5.32 Å². The number of amides is 2. The molecule has 2 rings (SSSR count). The van der Waals surface area contributed by atoms with Crippen LogP contribution in [-0.4, -0.2) is 35.8 Å². The van der Waals surface area contributed by atoms with Crippen LogP contribution in [0.3, 0.4) is 0 Å². The zero-order chi connectivity index (χ0) is 12.4. The van der Waals surface area contributed by atoms with Crippen LogP contribution in [0.15, 0.2) is 0 Å². The molecule has 1 N–H and O–H groups in total. The summed E-state index contributed by atoms with van der Waals surface area (Å²) in [6, 6.07) is 0.214. The Morgan fingerprint density at radius 2 is 1.94 bits per heavy atom. The lowest BCUT2D eigenvalue weighted by atomic mass is 10.2. The Kier molecular flexibility index (Phi) is 3.69. The third-order valence-electron chi connectivity index (χ3n) is 3.86. The van der Waals surface area contributed by atoms with Gasteiger partial charge in [-0.1, -0.05) is 6.92 Å². The van der Waals surface area contributed by atoms with Crippen molar-refractivity contribution in [3.63, 3.8) is 0 Å². The van der Waals surface area contributed by atoms with Gasteiger partial charge in [-0.3, -0.25) is 9.59 Å². The Labute approximate surface area is 103 Å². The Bertz CT molecular complexity index is 311. The van der Waals surface area contributed by atoms with Crippen molar-refractivity contribution in [3.8, 4) is 0 Å². The number of rotatable bonds is 4. The standard InChI is InChI=1S/C13H22N2O2/c1-3-9(2)14-12(16)10-8-11(10)13(17)15-6-4-5-7-15/h9-11H,3-8H2,1-2H3,(H,14,16). The summed E-state index contributed by atoms with van der Waals surface area (Å²) in [5.74, 6) is 0.179. The Balaban J connectivity index is 1.79. The summed E-state index contributed by atoms with van der Waals surface area (Å²) in [5.41, 5.74) is 0. The fourth-order valence-corrected chi connectivity index (χ4v) is 2.38. The van der Waals surface area contributed by atoms with E-state index in [-0.39, 0.29) is 29.7 Å². The largest absolute Gasteiger partial charge is 0.353 e. The van der Waals surface area contributed by atoms with Gasteiger partial charge in [-0.2, -0.15) is 0 Å². The van der Waals surface area contributed by atoms with Crippen LogP contribution in [-0.2, 0) is 9.59 Å². The van der Waals surface area contributed by atoms with Gasteiger partial charge in [0.15, 0.2) is 0 Å². The molecule has 2 amide bonds. The molecule has 0 spiro atoms. The van der Waals surface area contributed by atoms with Crippen molar-refractivity contribution in [3.05, 3.63) is 0 Å². The molecule has 0 aromatic carbocycles. The number of carbonyl (C=O) groups excluding carboxylic acids is 2. The summed E-state index contributed by atoms with van der Waals surface area (Å²) < 4.78 is 0. The fourth-order valence-electron chi connectivity index (χ4n) is 2.38. The van der Waals surface area contributed by atoms with Crippen LogP contribution in [0.1, 0.15) is 39.5 Å². The van der Waals surface area contributed by atoms with E-state index in [4.69, 9.17) is 0 Å². The zero-order valence-corrected chi connectivity index (χ0v) is 10.7. The second kappa shape index (κ2) is 5.07. The Morgan fingerprint density at radius 1 is 1.29 bits per heavy atom. The van der Waals surface area contributed by atoms with E-state index in [1.807, 2.05) is 18.7 Å². The van der Waals surface area contributed by atoms with Crippen molar-refractivity contribution in [2.45, 2.75) is 45.6 Å². The Hall–Kier alpha value is -1.06. The van der Waals surface area contributed by atoms with Crippen molar-refractivity contribution < 1.29 is 9.59 Å². The molecule has 1 saturated carbocycles. The van der Waals surface area contributed by atoms with E-state index >= 15 is 0 Å². The molecule has 0 aromatic rings. The van der Waals surface area contributed by atoms with Crippen LogP contribution in [0.4, 0.5) is 0 Å². The molecule has 4 nitrogen and oxygen atoms in total. The van der Waals surface area contributed by atoms with E-state index in [1.54, 1.807) is 0 Å². The first-order valence-electron chi connectivity index (χ1n) is 6.72. The SMILES string of the molecule is CCC(C)NC(=O)C1CC1C(=O)N1CCCC1. The summed E-state index contributed by atoms with van der Waals surface area (Å²) in [6.07, 6.45) is 3.91. The predicted molar refractivity (Wildman–Crippen MR) is 65.3 cm³/mol. The minimum atomic E-state index is -0.0582. The topological polar surface area (TPSA) is 49.4 Å². The summed E-state index contributed by atoms with van der Waals surface area (Å²) in [4.78, 5) is 25.8. The van der Waals surface area contributed by atoms with Crippen molar-refractivity contribution in [2.75, 3.05) is 13.1 Å². The number of nitrogens with one attached hydrogen (secondary N) is 1. The van der Waals surface area contributed by atoms with Crippen molar-refractivity contribution in [1.29, 1.82) is 0 Å². The fraction of sp³-hybridized carbons (Fsp3) is 0.846. The average molecular weight is 238 g/mol. The van der Waals surface area contributed by atoms with E-state index in [9.17, 15) is 9.59 Å². The van der Waals surface area contributed by atoms with Crippen LogP contribution >= 0.6 is 0 Å². The smallest absolute Gasteiger partial charge is 0.226 e. The molecule has 1 aliphatic carbocycles. The number of nitrogens with zero attached hydrogens (tertiary/aromatic N) is 1. The molecule has 2 fully saturated rings. The molecule has 0 aromatic heterocycles. The maximum absolute atomic E-state index is 12.0. The molecule has 3 unspecified atom stereocenters. The van der Waals surface area contributed by atoms with Gasteiger partial charge in [0.1, 0.15) is 0 Å². The van der Waals surface area contributed by atoms with Gasteiger partial charge in [0.25, 0.3) is 0 Å². The second-order valence-electron chi connectivity index (χ2n) is 5.30. The molecular weight excluding hydrogens is 216 g/mol. The van der Waals surface area contributed by atoms with Gasteiger partial charge in [0.05, 0.1) is 11.8 Å². The number of hydrogen-bond donors (Lipinski definition) is 1. The molecule has 2 aliphatic rings. The molecule has 3 atom stereocenters. The van der Waals surface area contributed by atoms with Gasteiger partial charge in [-0.25, -0.2) is 0 Å². The van der Waals surface area contributed by atoms with Gasteiger partial charge >= 0.3 is 0 Å². The third kappa shape index (κ3) is 2.79. The van der Waals surface area contributed by atoms with Gasteiger partial charge < -0.3 is 10.2 Å². The lowest BCUT2D eigenvalue weighted by molar-refractivity contribution is -0.133. The van der Waals surface area contributed by atoms with Gasteiger partial charge in [-0.15, -0.1) is 0 Å². The molecule has 0 radical (unpaired) electrons. The third-order valence-corrected chi connectivity index (χ3v) is 3.86. The van der Waals surface area contributed by atoms with E-state index in [2.05, 4.69) is 5.32 Å². The van der Waals surface area contributed by atoms with Crippen molar-refractivity contribution >= 4 is 11.8 Å². The molecule has 17 heavy (non-hydrogen) atoms. The maximum Gasteiger partial charge on any atom is 0.226 e. The average Bonchev–Trinajstić information content (AvgIpc) is 2.94. The summed E-state index contributed by atoms with van der Waals surface area (Å²) in [7, 11) is 0. The first kappa shape index (κ1) is 12.4. The monoisotopic (exact) mass is 238 g/mol. The van der Waals surface area contributed by atoms with Gasteiger partial charge in [-0.05, 0) is 32.6 Å². The second-order valence-corrected chi connectivity index (χ2v) is 5.30. The van der Waals surface area contributed by atoms with E-state index in [1.165, 1.54) is 0 Å². The maximum atomic E-state index is 12.0.